The molecular formula is C17H21NO2. The van der Waals surface area contributed by atoms with Crippen molar-refractivity contribution in [3.63, 3.8) is 0 Å². The van der Waals surface area contributed by atoms with Crippen molar-refractivity contribution in [2.75, 3.05) is 0 Å². The predicted molar refractivity (Wildman–Crippen MR) is 81.9 cm³/mol. The maximum absolute atomic E-state index is 11.0. The summed E-state index contributed by atoms with van der Waals surface area (Å²) in [6, 6.07) is 10.0. The third-order valence-corrected chi connectivity index (χ3v) is 2.93. The molecule has 0 aliphatic heterocycles. The molecular weight excluding hydrogens is 250 g/mol. The molecule has 0 aliphatic rings. The standard InChI is InChI=1S/C17H21NO2/c1-5-18(12-15-9-7-6-8-10-15)16(13(2)3)11-14(4)17(19)20/h5-11H,1,12H2,2-4H3,(H,19,20)/b14-11+. The normalized spacial score (nSPS) is 10.8. The fraction of sp³-hybridized carbons (Fsp3) is 0.235. The monoisotopic (exact) mass is 271 g/mol. The van der Waals surface area contributed by atoms with Gasteiger partial charge in [0.2, 0.25) is 0 Å². The minimum absolute atomic E-state index is 0.307. The molecule has 1 rings (SSSR count). The lowest BCUT2D eigenvalue weighted by Gasteiger charge is -2.23. The molecule has 1 aromatic carbocycles. The number of benzene rings is 1. The summed E-state index contributed by atoms with van der Waals surface area (Å²) >= 11 is 0. The Morgan fingerprint density at radius 3 is 2.30 bits per heavy atom. The molecule has 3 nitrogen and oxygen atoms in total. The molecule has 0 bridgehead atoms. The number of allylic oxidation sites excluding steroid dienone is 2. The minimum atomic E-state index is -0.910. The van der Waals surface area contributed by atoms with Crippen LogP contribution in [0.25, 0.3) is 0 Å². The predicted octanol–water partition coefficient (Wildman–Crippen LogP) is 3.96. The van der Waals surface area contributed by atoms with E-state index in [4.69, 9.17) is 5.11 Å². The van der Waals surface area contributed by atoms with Gasteiger partial charge in [0.05, 0.1) is 0 Å². The van der Waals surface area contributed by atoms with E-state index in [1.807, 2.05) is 49.1 Å². The number of hydrogen-bond donors (Lipinski definition) is 1. The molecule has 0 aromatic heterocycles. The van der Waals surface area contributed by atoms with Crippen LogP contribution in [0.2, 0.25) is 0 Å². The second kappa shape index (κ2) is 7.34. The Balaban J connectivity index is 3.07. The third-order valence-electron chi connectivity index (χ3n) is 2.93. The van der Waals surface area contributed by atoms with Gasteiger partial charge in [0, 0.05) is 17.8 Å². The highest BCUT2D eigenvalue weighted by Gasteiger charge is 2.09. The van der Waals surface area contributed by atoms with E-state index in [2.05, 4.69) is 6.58 Å². The fourth-order valence-corrected chi connectivity index (χ4v) is 1.81. The molecule has 20 heavy (non-hydrogen) atoms. The minimum Gasteiger partial charge on any atom is -0.478 e. The lowest BCUT2D eigenvalue weighted by atomic mass is 10.1. The van der Waals surface area contributed by atoms with E-state index in [1.165, 1.54) is 0 Å². The SMILES string of the molecule is C=CN(Cc1ccccc1)C(/C=C(\C)C(=O)O)=C(C)C. The van der Waals surface area contributed by atoms with E-state index >= 15 is 0 Å². The van der Waals surface area contributed by atoms with Crippen LogP contribution in [0.15, 0.2) is 66.0 Å². The van der Waals surface area contributed by atoms with Crippen LogP contribution in [0, 0.1) is 0 Å². The highest BCUT2D eigenvalue weighted by Crippen LogP contribution is 2.18. The Morgan fingerprint density at radius 2 is 1.85 bits per heavy atom. The third kappa shape index (κ3) is 4.43. The van der Waals surface area contributed by atoms with Crippen LogP contribution in [0.1, 0.15) is 26.3 Å². The number of nitrogens with zero attached hydrogens (tertiary/aromatic N) is 1. The van der Waals surface area contributed by atoms with Gasteiger partial charge in [-0.25, -0.2) is 4.79 Å². The van der Waals surface area contributed by atoms with Crippen molar-refractivity contribution < 1.29 is 9.90 Å². The fourth-order valence-electron chi connectivity index (χ4n) is 1.81. The molecule has 0 spiro atoms. The summed E-state index contributed by atoms with van der Waals surface area (Å²) < 4.78 is 0. The van der Waals surface area contributed by atoms with E-state index in [1.54, 1.807) is 19.2 Å². The van der Waals surface area contributed by atoms with E-state index in [-0.39, 0.29) is 0 Å². The summed E-state index contributed by atoms with van der Waals surface area (Å²) in [5.41, 5.74) is 3.36. The molecule has 1 N–H and O–H groups in total. The Morgan fingerprint density at radius 1 is 1.25 bits per heavy atom. The van der Waals surface area contributed by atoms with Crippen LogP contribution < -0.4 is 0 Å². The molecule has 0 fully saturated rings. The second-order valence-corrected chi connectivity index (χ2v) is 4.81. The van der Waals surface area contributed by atoms with Crippen LogP contribution >= 0.6 is 0 Å². The zero-order valence-electron chi connectivity index (χ0n) is 12.3. The van der Waals surface area contributed by atoms with Crippen molar-refractivity contribution in [3.05, 3.63) is 71.6 Å². The quantitative estimate of drug-likeness (QED) is 0.629. The first kappa shape index (κ1) is 15.8. The van der Waals surface area contributed by atoms with E-state index < -0.39 is 5.97 Å². The van der Waals surface area contributed by atoms with Crippen LogP contribution in [0.4, 0.5) is 0 Å². The molecule has 0 saturated carbocycles. The maximum atomic E-state index is 11.0. The highest BCUT2D eigenvalue weighted by atomic mass is 16.4. The average Bonchev–Trinajstić information content (AvgIpc) is 2.43. The van der Waals surface area contributed by atoms with Gasteiger partial charge in [0.1, 0.15) is 0 Å². The summed E-state index contributed by atoms with van der Waals surface area (Å²) in [5.74, 6) is -0.910. The number of rotatable bonds is 6. The number of carbonyl (C=O) groups is 1. The number of aliphatic carboxylic acids is 1. The van der Waals surface area contributed by atoms with Crippen molar-refractivity contribution >= 4 is 5.97 Å². The first-order chi connectivity index (χ1) is 9.45. The molecule has 0 radical (unpaired) electrons. The van der Waals surface area contributed by atoms with Crippen LogP contribution in [-0.2, 0) is 11.3 Å². The van der Waals surface area contributed by atoms with Crippen LogP contribution in [0.5, 0.6) is 0 Å². The van der Waals surface area contributed by atoms with Gasteiger partial charge in [0.15, 0.2) is 0 Å². The average molecular weight is 271 g/mol. The lowest BCUT2D eigenvalue weighted by Crippen LogP contribution is -2.16. The van der Waals surface area contributed by atoms with E-state index in [9.17, 15) is 4.79 Å². The summed E-state index contributed by atoms with van der Waals surface area (Å²) in [4.78, 5) is 12.9. The Kier molecular flexibility index (Phi) is 5.78. The number of carboxylic acid groups (broad SMARTS) is 1. The Labute approximate surface area is 120 Å². The number of carboxylic acids is 1. The Bertz CT molecular complexity index is 537. The topological polar surface area (TPSA) is 40.5 Å². The van der Waals surface area contributed by atoms with Gasteiger partial charge in [0.25, 0.3) is 0 Å². The first-order valence-corrected chi connectivity index (χ1v) is 6.48. The highest BCUT2D eigenvalue weighted by molar-refractivity contribution is 5.86. The maximum Gasteiger partial charge on any atom is 0.331 e. The van der Waals surface area contributed by atoms with Gasteiger partial charge in [-0.1, -0.05) is 42.5 Å². The molecule has 106 valence electrons. The molecule has 1 aromatic rings. The van der Waals surface area contributed by atoms with E-state index in [0.29, 0.717) is 12.1 Å². The summed E-state index contributed by atoms with van der Waals surface area (Å²) in [5, 5.41) is 9.02. The number of hydrogen-bond acceptors (Lipinski definition) is 2. The molecule has 0 atom stereocenters. The zero-order valence-corrected chi connectivity index (χ0v) is 12.3. The van der Waals surface area contributed by atoms with Crippen molar-refractivity contribution in [1.82, 2.24) is 4.90 Å². The Hall–Kier alpha value is -2.29. The lowest BCUT2D eigenvalue weighted by molar-refractivity contribution is -0.132. The van der Waals surface area contributed by atoms with Gasteiger partial charge in [-0.2, -0.15) is 0 Å². The smallest absolute Gasteiger partial charge is 0.331 e. The second-order valence-electron chi connectivity index (χ2n) is 4.81. The van der Waals surface area contributed by atoms with Crippen molar-refractivity contribution in [3.8, 4) is 0 Å². The molecule has 0 unspecified atom stereocenters. The summed E-state index contributed by atoms with van der Waals surface area (Å²) in [6.45, 7) is 10.0. The molecule has 0 amide bonds. The van der Waals surface area contributed by atoms with Gasteiger partial charge in [-0.3, -0.25) is 0 Å². The van der Waals surface area contributed by atoms with Crippen molar-refractivity contribution in [2.45, 2.75) is 27.3 Å². The molecule has 0 saturated heterocycles. The van der Waals surface area contributed by atoms with Crippen LogP contribution in [-0.4, -0.2) is 16.0 Å². The zero-order chi connectivity index (χ0) is 15.1. The van der Waals surface area contributed by atoms with Gasteiger partial charge >= 0.3 is 5.97 Å². The molecule has 3 heteroatoms. The molecule has 0 aliphatic carbocycles. The largest absolute Gasteiger partial charge is 0.478 e. The summed E-state index contributed by atoms with van der Waals surface area (Å²) in [6.07, 6.45) is 3.41. The van der Waals surface area contributed by atoms with Crippen molar-refractivity contribution in [2.24, 2.45) is 0 Å². The van der Waals surface area contributed by atoms with Crippen molar-refractivity contribution in [1.29, 1.82) is 0 Å². The van der Waals surface area contributed by atoms with Gasteiger partial charge in [-0.05, 0) is 38.6 Å². The van der Waals surface area contributed by atoms with Gasteiger partial charge < -0.3 is 10.0 Å². The van der Waals surface area contributed by atoms with Gasteiger partial charge in [-0.15, -0.1) is 0 Å². The molecule has 0 heterocycles. The first-order valence-electron chi connectivity index (χ1n) is 6.48. The summed E-state index contributed by atoms with van der Waals surface area (Å²) in [7, 11) is 0. The van der Waals surface area contributed by atoms with Crippen LogP contribution in [0.3, 0.4) is 0 Å². The van der Waals surface area contributed by atoms with E-state index in [0.717, 1.165) is 16.8 Å².